The molecule has 0 heterocycles. The van der Waals surface area contributed by atoms with E-state index in [1.165, 1.54) is 0 Å². The van der Waals surface area contributed by atoms with Crippen molar-refractivity contribution in [1.29, 1.82) is 0 Å². The normalized spacial score (nSPS) is 24.8. The molecule has 6 nitrogen and oxygen atoms in total. The summed E-state index contributed by atoms with van der Waals surface area (Å²) in [5, 5.41) is 19.3. The van der Waals surface area contributed by atoms with Gasteiger partial charge in [0.2, 0.25) is 5.91 Å². The maximum atomic E-state index is 11.4. The van der Waals surface area contributed by atoms with Crippen molar-refractivity contribution in [3.63, 3.8) is 0 Å². The van der Waals surface area contributed by atoms with Crippen LogP contribution in [-0.4, -0.2) is 34.6 Å². The number of carboxylic acids is 2. The van der Waals surface area contributed by atoms with Crippen LogP contribution in [0.15, 0.2) is 0 Å². The summed E-state index contributed by atoms with van der Waals surface area (Å²) in [6.07, 6.45) is 1.31. The third-order valence-corrected chi connectivity index (χ3v) is 2.57. The summed E-state index contributed by atoms with van der Waals surface area (Å²) in [4.78, 5) is 32.1. The highest BCUT2D eigenvalue weighted by Gasteiger charge is 2.33. The SMILES string of the molecule is O=C(O)CNC(=O)[C@@H]1CC[C@H](C(=O)O)C1. The predicted molar refractivity (Wildman–Crippen MR) is 49.1 cm³/mol. The average molecular weight is 215 g/mol. The highest BCUT2D eigenvalue weighted by molar-refractivity contribution is 5.84. The van der Waals surface area contributed by atoms with Crippen molar-refractivity contribution in [2.45, 2.75) is 19.3 Å². The molecule has 0 unspecified atom stereocenters. The molecule has 1 aliphatic carbocycles. The molecule has 1 saturated carbocycles. The van der Waals surface area contributed by atoms with Gasteiger partial charge in [0.1, 0.15) is 6.54 Å². The van der Waals surface area contributed by atoms with Crippen molar-refractivity contribution in [3.05, 3.63) is 0 Å². The Hall–Kier alpha value is -1.59. The van der Waals surface area contributed by atoms with E-state index in [1.807, 2.05) is 0 Å². The number of nitrogens with one attached hydrogen (secondary N) is 1. The number of aliphatic carboxylic acids is 2. The van der Waals surface area contributed by atoms with Crippen molar-refractivity contribution in [2.24, 2.45) is 11.8 Å². The average Bonchev–Trinajstić information content (AvgIpc) is 2.62. The first-order valence-electron chi connectivity index (χ1n) is 4.73. The van der Waals surface area contributed by atoms with Gasteiger partial charge in [-0.3, -0.25) is 14.4 Å². The van der Waals surface area contributed by atoms with Gasteiger partial charge in [-0.2, -0.15) is 0 Å². The third-order valence-electron chi connectivity index (χ3n) is 2.57. The molecule has 0 aromatic heterocycles. The summed E-state index contributed by atoms with van der Waals surface area (Å²) < 4.78 is 0. The van der Waals surface area contributed by atoms with E-state index in [1.54, 1.807) is 0 Å². The molecule has 0 aromatic carbocycles. The van der Waals surface area contributed by atoms with Crippen LogP contribution in [0, 0.1) is 11.8 Å². The largest absolute Gasteiger partial charge is 0.481 e. The summed E-state index contributed by atoms with van der Waals surface area (Å²) in [6.45, 7) is -0.410. The zero-order valence-electron chi connectivity index (χ0n) is 8.10. The zero-order chi connectivity index (χ0) is 11.4. The number of amides is 1. The fourth-order valence-electron chi connectivity index (χ4n) is 1.75. The van der Waals surface area contributed by atoms with Gasteiger partial charge in [-0.15, -0.1) is 0 Å². The second kappa shape index (κ2) is 4.77. The maximum Gasteiger partial charge on any atom is 0.322 e. The number of hydrogen-bond acceptors (Lipinski definition) is 3. The van der Waals surface area contributed by atoms with E-state index in [4.69, 9.17) is 10.2 Å². The number of carbonyl (C=O) groups is 3. The van der Waals surface area contributed by atoms with E-state index in [-0.39, 0.29) is 11.8 Å². The van der Waals surface area contributed by atoms with Crippen LogP contribution in [-0.2, 0) is 14.4 Å². The first kappa shape index (κ1) is 11.5. The van der Waals surface area contributed by atoms with Gasteiger partial charge < -0.3 is 15.5 Å². The van der Waals surface area contributed by atoms with Gasteiger partial charge in [0.25, 0.3) is 0 Å². The Labute approximate surface area is 86.3 Å². The number of carboxylic acid groups (broad SMARTS) is 2. The smallest absolute Gasteiger partial charge is 0.322 e. The molecule has 84 valence electrons. The molecule has 1 rings (SSSR count). The Kier molecular flexibility index (Phi) is 3.65. The van der Waals surface area contributed by atoms with Gasteiger partial charge in [-0.25, -0.2) is 0 Å². The lowest BCUT2D eigenvalue weighted by Crippen LogP contribution is -2.33. The molecule has 0 spiro atoms. The lowest BCUT2D eigenvalue weighted by atomic mass is 10.0. The van der Waals surface area contributed by atoms with E-state index in [0.29, 0.717) is 19.3 Å². The summed E-state index contributed by atoms with van der Waals surface area (Å²) in [6, 6.07) is 0. The van der Waals surface area contributed by atoms with Crippen LogP contribution in [0.25, 0.3) is 0 Å². The van der Waals surface area contributed by atoms with Crippen LogP contribution < -0.4 is 5.32 Å². The Morgan fingerprint density at radius 2 is 1.73 bits per heavy atom. The van der Waals surface area contributed by atoms with Crippen molar-refractivity contribution in [3.8, 4) is 0 Å². The van der Waals surface area contributed by atoms with Gasteiger partial charge in [-0.05, 0) is 19.3 Å². The molecular formula is C9H13NO5. The van der Waals surface area contributed by atoms with E-state index in [2.05, 4.69) is 5.32 Å². The van der Waals surface area contributed by atoms with E-state index < -0.39 is 24.4 Å². The highest BCUT2D eigenvalue weighted by Crippen LogP contribution is 2.30. The first-order chi connectivity index (χ1) is 7.00. The van der Waals surface area contributed by atoms with Gasteiger partial charge in [0.05, 0.1) is 5.92 Å². The fraction of sp³-hybridized carbons (Fsp3) is 0.667. The fourth-order valence-corrected chi connectivity index (χ4v) is 1.75. The highest BCUT2D eigenvalue weighted by atomic mass is 16.4. The summed E-state index contributed by atoms with van der Waals surface area (Å²) in [5.74, 6) is -3.17. The Balaban J connectivity index is 2.36. The quantitative estimate of drug-likeness (QED) is 0.596. The van der Waals surface area contributed by atoms with Crippen molar-refractivity contribution in [2.75, 3.05) is 6.54 Å². The molecular weight excluding hydrogens is 202 g/mol. The molecule has 6 heteroatoms. The van der Waals surface area contributed by atoms with Crippen LogP contribution in [0.3, 0.4) is 0 Å². The van der Waals surface area contributed by atoms with Gasteiger partial charge in [0, 0.05) is 5.92 Å². The van der Waals surface area contributed by atoms with Crippen LogP contribution in [0.1, 0.15) is 19.3 Å². The molecule has 0 saturated heterocycles. The summed E-state index contributed by atoms with van der Waals surface area (Å²) in [7, 11) is 0. The molecule has 1 aliphatic rings. The van der Waals surface area contributed by atoms with Gasteiger partial charge in [-0.1, -0.05) is 0 Å². The maximum absolute atomic E-state index is 11.4. The predicted octanol–water partition coefficient (Wildman–Crippen LogP) is -0.312. The minimum atomic E-state index is -1.10. The van der Waals surface area contributed by atoms with Gasteiger partial charge >= 0.3 is 11.9 Å². The molecule has 0 aromatic rings. The van der Waals surface area contributed by atoms with Crippen molar-refractivity contribution < 1.29 is 24.6 Å². The first-order valence-corrected chi connectivity index (χ1v) is 4.73. The van der Waals surface area contributed by atoms with E-state index in [0.717, 1.165) is 0 Å². The molecule has 1 amide bonds. The van der Waals surface area contributed by atoms with Crippen LogP contribution in [0.2, 0.25) is 0 Å². The van der Waals surface area contributed by atoms with Crippen LogP contribution in [0.5, 0.6) is 0 Å². The summed E-state index contributed by atoms with van der Waals surface area (Å²) >= 11 is 0. The molecule has 0 bridgehead atoms. The molecule has 15 heavy (non-hydrogen) atoms. The number of hydrogen-bond donors (Lipinski definition) is 3. The van der Waals surface area contributed by atoms with Crippen LogP contribution in [0.4, 0.5) is 0 Å². The van der Waals surface area contributed by atoms with E-state index >= 15 is 0 Å². The van der Waals surface area contributed by atoms with Crippen LogP contribution >= 0.6 is 0 Å². The van der Waals surface area contributed by atoms with Crippen molar-refractivity contribution >= 4 is 17.8 Å². The van der Waals surface area contributed by atoms with Gasteiger partial charge in [0.15, 0.2) is 0 Å². The molecule has 2 atom stereocenters. The van der Waals surface area contributed by atoms with E-state index in [9.17, 15) is 14.4 Å². The lowest BCUT2D eigenvalue weighted by molar-refractivity contribution is -0.142. The Morgan fingerprint density at radius 3 is 2.20 bits per heavy atom. The summed E-state index contributed by atoms with van der Waals surface area (Å²) in [5.41, 5.74) is 0. The minimum absolute atomic E-state index is 0.306. The monoisotopic (exact) mass is 215 g/mol. The minimum Gasteiger partial charge on any atom is -0.481 e. The zero-order valence-corrected chi connectivity index (χ0v) is 8.10. The standard InChI is InChI=1S/C9H13NO5/c11-7(12)4-10-8(13)5-1-2-6(3-5)9(14)15/h5-6H,1-4H2,(H,10,13)(H,11,12)(H,14,15)/t5-,6+/m1/s1. The third kappa shape index (κ3) is 3.23. The van der Waals surface area contributed by atoms with Crippen molar-refractivity contribution in [1.82, 2.24) is 5.32 Å². The Morgan fingerprint density at radius 1 is 1.13 bits per heavy atom. The topological polar surface area (TPSA) is 104 Å². The molecule has 1 fully saturated rings. The molecule has 0 radical (unpaired) electrons. The number of rotatable bonds is 4. The lowest BCUT2D eigenvalue weighted by Gasteiger charge is -2.08. The number of carbonyl (C=O) groups excluding carboxylic acids is 1. The molecule has 3 N–H and O–H groups in total. The second-order valence-corrected chi connectivity index (χ2v) is 3.66. The second-order valence-electron chi connectivity index (χ2n) is 3.66. The Bertz CT molecular complexity index is 288. The molecule has 0 aliphatic heterocycles.